The Morgan fingerprint density at radius 2 is 2.07 bits per heavy atom. The Bertz CT molecular complexity index is 1170. The molecule has 0 radical (unpaired) electrons. The molecule has 1 amide bonds. The van der Waals surface area contributed by atoms with Crippen molar-refractivity contribution in [3.05, 3.63) is 58.7 Å². The molecule has 0 saturated carbocycles. The van der Waals surface area contributed by atoms with Crippen molar-refractivity contribution in [3.8, 4) is 11.3 Å². The molecule has 1 aromatic carbocycles. The zero-order valence-electron chi connectivity index (χ0n) is 15.3. The Kier molecular flexibility index (Phi) is 4.82. The van der Waals surface area contributed by atoms with Crippen molar-refractivity contribution < 1.29 is 9.18 Å². The molecule has 0 spiro atoms. The molecule has 0 aliphatic rings. The van der Waals surface area contributed by atoms with Crippen LogP contribution in [-0.2, 0) is 11.2 Å². The van der Waals surface area contributed by atoms with Gasteiger partial charge >= 0.3 is 0 Å². The lowest BCUT2D eigenvalue weighted by atomic mass is 10.1. The van der Waals surface area contributed by atoms with Crippen LogP contribution in [0.15, 0.2) is 36.0 Å². The summed E-state index contributed by atoms with van der Waals surface area (Å²) < 4.78 is 15.5. The summed E-state index contributed by atoms with van der Waals surface area (Å²) in [6.07, 6.45) is 2.26. The minimum absolute atomic E-state index is 0.160. The maximum absolute atomic E-state index is 13.9. The number of rotatable bonds is 5. The van der Waals surface area contributed by atoms with Crippen LogP contribution >= 0.6 is 11.3 Å². The third-order valence-corrected chi connectivity index (χ3v) is 5.25. The van der Waals surface area contributed by atoms with E-state index in [1.54, 1.807) is 28.1 Å². The van der Waals surface area contributed by atoms with E-state index in [4.69, 9.17) is 0 Å². The first kappa shape index (κ1) is 18.2. The average molecular weight is 396 g/mol. The second-order valence-electron chi connectivity index (χ2n) is 6.30. The fourth-order valence-corrected chi connectivity index (χ4v) is 3.79. The Hall–Kier alpha value is -3.20. The third kappa shape index (κ3) is 3.48. The lowest BCUT2D eigenvalue weighted by Gasteiger charge is -2.10. The number of hydrogen-bond donors (Lipinski definition) is 1. The van der Waals surface area contributed by atoms with Gasteiger partial charge in [0.2, 0.25) is 5.91 Å². The highest BCUT2D eigenvalue weighted by Gasteiger charge is 2.14. The van der Waals surface area contributed by atoms with E-state index in [0.29, 0.717) is 28.6 Å². The standard InChI is InChI=1S/C19H17FN6OS/c1-11-13(12(2)26-18(23-11)21-10-22-26)7-8-17(27)25-19-24-16(9-28-19)14-5-3-4-6-15(14)20/h3-6,9-10H,7-8H2,1-2H3,(H,24,25,27). The van der Waals surface area contributed by atoms with Gasteiger partial charge in [0.25, 0.3) is 5.78 Å². The van der Waals surface area contributed by atoms with E-state index >= 15 is 0 Å². The maximum atomic E-state index is 13.9. The first-order valence-corrected chi connectivity index (χ1v) is 9.57. The molecule has 1 N–H and O–H groups in total. The molecule has 28 heavy (non-hydrogen) atoms. The second kappa shape index (κ2) is 7.43. The second-order valence-corrected chi connectivity index (χ2v) is 7.16. The van der Waals surface area contributed by atoms with E-state index in [0.717, 1.165) is 17.0 Å². The molecule has 0 saturated heterocycles. The lowest BCUT2D eigenvalue weighted by molar-refractivity contribution is -0.116. The van der Waals surface area contributed by atoms with Gasteiger partial charge in [0.1, 0.15) is 12.1 Å². The Morgan fingerprint density at radius 3 is 2.89 bits per heavy atom. The van der Waals surface area contributed by atoms with Crippen LogP contribution in [-0.4, -0.2) is 30.5 Å². The van der Waals surface area contributed by atoms with E-state index < -0.39 is 0 Å². The molecule has 4 rings (SSSR count). The molecule has 3 aromatic heterocycles. The van der Waals surface area contributed by atoms with Crippen molar-refractivity contribution in [1.82, 2.24) is 24.6 Å². The summed E-state index contributed by atoms with van der Waals surface area (Å²) in [6, 6.07) is 6.43. The fourth-order valence-electron chi connectivity index (χ4n) is 3.06. The number of aryl methyl sites for hydroxylation is 2. The Morgan fingerprint density at radius 1 is 1.25 bits per heavy atom. The highest BCUT2D eigenvalue weighted by molar-refractivity contribution is 7.14. The third-order valence-electron chi connectivity index (χ3n) is 4.49. The Balaban J connectivity index is 1.44. The van der Waals surface area contributed by atoms with Gasteiger partial charge in [-0.1, -0.05) is 12.1 Å². The van der Waals surface area contributed by atoms with Gasteiger partial charge in [0.15, 0.2) is 5.13 Å². The molecule has 0 atom stereocenters. The number of thiazole rings is 1. The van der Waals surface area contributed by atoms with Gasteiger partial charge in [-0.15, -0.1) is 11.3 Å². The van der Waals surface area contributed by atoms with Gasteiger partial charge in [-0.05, 0) is 38.0 Å². The summed E-state index contributed by atoms with van der Waals surface area (Å²) in [5.74, 6) is 0.0474. The van der Waals surface area contributed by atoms with E-state index in [9.17, 15) is 9.18 Å². The molecule has 3 heterocycles. The molecule has 0 bridgehead atoms. The summed E-state index contributed by atoms with van der Waals surface area (Å²) in [5, 5.41) is 9.11. The van der Waals surface area contributed by atoms with Gasteiger partial charge in [-0.25, -0.2) is 18.9 Å². The number of aromatic nitrogens is 5. The van der Waals surface area contributed by atoms with Crippen LogP contribution < -0.4 is 5.32 Å². The molecule has 0 aliphatic heterocycles. The van der Waals surface area contributed by atoms with Crippen LogP contribution in [0.5, 0.6) is 0 Å². The van der Waals surface area contributed by atoms with E-state index in [-0.39, 0.29) is 18.1 Å². The predicted octanol–water partition coefficient (Wildman–Crippen LogP) is 3.58. The predicted molar refractivity (Wildman–Crippen MR) is 105 cm³/mol. The smallest absolute Gasteiger partial charge is 0.252 e. The highest BCUT2D eigenvalue weighted by atomic mass is 32.1. The number of halogens is 1. The van der Waals surface area contributed by atoms with Crippen LogP contribution in [0, 0.1) is 19.7 Å². The largest absolute Gasteiger partial charge is 0.302 e. The number of amides is 1. The topological polar surface area (TPSA) is 85.1 Å². The summed E-state index contributed by atoms with van der Waals surface area (Å²) in [5.41, 5.74) is 3.65. The molecular weight excluding hydrogens is 379 g/mol. The first-order valence-electron chi connectivity index (χ1n) is 8.69. The van der Waals surface area contributed by atoms with Crippen molar-refractivity contribution >= 4 is 28.2 Å². The summed E-state index contributed by atoms with van der Waals surface area (Å²) >= 11 is 1.27. The molecule has 9 heteroatoms. The monoisotopic (exact) mass is 396 g/mol. The molecular formula is C19H17FN6OS. The SMILES string of the molecule is Cc1nc2ncnn2c(C)c1CCC(=O)Nc1nc(-c2ccccc2F)cs1. The van der Waals surface area contributed by atoms with Gasteiger partial charge < -0.3 is 5.32 Å². The summed E-state index contributed by atoms with van der Waals surface area (Å²) in [6.45, 7) is 3.83. The number of hydrogen-bond acceptors (Lipinski definition) is 6. The highest BCUT2D eigenvalue weighted by Crippen LogP contribution is 2.27. The molecule has 0 aliphatic carbocycles. The van der Waals surface area contributed by atoms with Crippen LogP contribution in [0.1, 0.15) is 23.4 Å². The van der Waals surface area contributed by atoms with Crippen molar-refractivity contribution in [2.75, 3.05) is 5.32 Å². The number of carbonyl (C=O) groups is 1. The van der Waals surface area contributed by atoms with Crippen LogP contribution in [0.25, 0.3) is 17.0 Å². The zero-order chi connectivity index (χ0) is 19.7. The molecule has 0 unspecified atom stereocenters. The number of carbonyl (C=O) groups excluding carboxylic acids is 1. The van der Waals surface area contributed by atoms with Gasteiger partial charge in [-0.2, -0.15) is 10.1 Å². The summed E-state index contributed by atoms with van der Waals surface area (Å²) in [7, 11) is 0. The Labute approximate surface area is 164 Å². The quantitative estimate of drug-likeness (QED) is 0.557. The van der Waals surface area contributed by atoms with Gasteiger partial charge in [-0.3, -0.25) is 4.79 Å². The van der Waals surface area contributed by atoms with E-state index in [1.807, 2.05) is 13.8 Å². The van der Waals surface area contributed by atoms with Crippen molar-refractivity contribution in [3.63, 3.8) is 0 Å². The molecule has 7 nitrogen and oxygen atoms in total. The number of nitrogens with zero attached hydrogens (tertiary/aromatic N) is 5. The molecule has 4 aromatic rings. The number of anilines is 1. The minimum Gasteiger partial charge on any atom is -0.302 e. The van der Waals surface area contributed by atoms with Gasteiger partial charge in [0.05, 0.1) is 5.69 Å². The number of nitrogens with one attached hydrogen (secondary N) is 1. The molecule has 142 valence electrons. The first-order chi connectivity index (χ1) is 13.5. The van der Waals surface area contributed by atoms with Crippen LogP contribution in [0.4, 0.5) is 9.52 Å². The normalized spacial score (nSPS) is 11.1. The van der Waals surface area contributed by atoms with E-state index in [1.165, 1.54) is 23.7 Å². The van der Waals surface area contributed by atoms with E-state index in [2.05, 4.69) is 25.4 Å². The van der Waals surface area contributed by atoms with Crippen LogP contribution in [0.3, 0.4) is 0 Å². The minimum atomic E-state index is -0.340. The van der Waals surface area contributed by atoms with Crippen molar-refractivity contribution in [2.24, 2.45) is 0 Å². The fraction of sp³-hybridized carbons (Fsp3) is 0.211. The summed E-state index contributed by atoms with van der Waals surface area (Å²) in [4.78, 5) is 25.2. The number of fused-ring (bicyclic) bond motifs is 1. The number of benzene rings is 1. The molecule has 0 fully saturated rings. The van der Waals surface area contributed by atoms with Crippen LogP contribution in [0.2, 0.25) is 0 Å². The lowest BCUT2D eigenvalue weighted by Crippen LogP contribution is -2.14. The average Bonchev–Trinajstić information content (AvgIpc) is 3.31. The van der Waals surface area contributed by atoms with Crippen molar-refractivity contribution in [2.45, 2.75) is 26.7 Å². The zero-order valence-corrected chi connectivity index (χ0v) is 16.1. The van der Waals surface area contributed by atoms with Gasteiger partial charge in [0, 0.05) is 28.8 Å². The maximum Gasteiger partial charge on any atom is 0.252 e. The van der Waals surface area contributed by atoms with Crippen molar-refractivity contribution in [1.29, 1.82) is 0 Å².